The van der Waals surface area contributed by atoms with Gasteiger partial charge >= 0.3 is 0 Å². The van der Waals surface area contributed by atoms with Crippen LogP contribution in [0.15, 0.2) is 5.38 Å². The number of hydrogen-bond acceptors (Lipinski definition) is 5. The predicted molar refractivity (Wildman–Crippen MR) is 112 cm³/mol. The lowest BCUT2D eigenvalue weighted by Gasteiger charge is -2.46. The molecule has 2 saturated heterocycles. The van der Waals surface area contributed by atoms with E-state index in [0.717, 1.165) is 70.5 Å². The van der Waals surface area contributed by atoms with Crippen molar-refractivity contribution in [3.05, 3.63) is 21.4 Å². The van der Waals surface area contributed by atoms with E-state index in [-0.39, 0.29) is 12.5 Å². The summed E-state index contributed by atoms with van der Waals surface area (Å²) in [5.74, 6) is 0.671. The monoisotopic (exact) mass is 393 g/mol. The van der Waals surface area contributed by atoms with E-state index in [4.69, 9.17) is 0 Å². The number of aliphatic hydroxyl groups is 1. The largest absolute Gasteiger partial charge is 0.396 e. The maximum Gasteiger partial charge on any atom is 0.254 e. The van der Waals surface area contributed by atoms with Crippen LogP contribution in [-0.2, 0) is 6.42 Å². The van der Waals surface area contributed by atoms with Gasteiger partial charge in [0.2, 0.25) is 0 Å². The summed E-state index contributed by atoms with van der Waals surface area (Å²) in [5, 5.41) is 11.4. The molecule has 1 aromatic rings. The zero-order valence-corrected chi connectivity index (χ0v) is 17.9. The van der Waals surface area contributed by atoms with Crippen molar-refractivity contribution in [1.29, 1.82) is 0 Å². The molecule has 2 aliphatic rings. The Morgan fingerprint density at radius 2 is 2.00 bits per heavy atom. The van der Waals surface area contributed by atoms with Gasteiger partial charge in [-0.2, -0.15) is 0 Å². The molecule has 2 unspecified atom stereocenters. The third-order valence-corrected chi connectivity index (χ3v) is 7.36. The number of thiophene rings is 1. The molecule has 2 atom stereocenters. The van der Waals surface area contributed by atoms with E-state index in [9.17, 15) is 9.90 Å². The van der Waals surface area contributed by atoms with Crippen molar-refractivity contribution < 1.29 is 9.90 Å². The Kier molecular flexibility index (Phi) is 7.31. The fourth-order valence-electron chi connectivity index (χ4n) is 4.74. The fourth-order valence-corrected chi connectivity index (χ4v) is 5.68. The molecule has 2 aliphatic heterocycles. The van der Waals surface area contributed by atoms with Crippen LogP contribution >= 0.6 is 11.3 Å². The third-order valence-electron chi connectivity index (χ3n) is 6.41. The molecule has 27 heavy (non-hydrogen) atoms. The number of amides is 1. The normalized spacial score (nSPS) is 25.1. The van der Waals surface area contributed by atoms with E-state index >= 15 is 0 Å². The number of aryl methyl sites for hydroxylation is 1. The quantitative estimate of drug-likeness (QED) is 0.807. The highest BCUT2D eigenvalue weighted by molar-refractivity contribution is 7.10. The van der Waals surface area contributed by atoms with Crippen molar-refractivity contribution in [3.8, 4) is 0 Å². The van der Waals surface area contributed by atoms with Crippen LogP contribution in [0.5, 0.6) is 0 Å². The highest BCUT2D eigenvalue weighted by Gasteiger charge is 2.36. The van der Waals surface area contributed by atoms with Crippen LogP contribution in [-0.4, -0.2) is 84.7 Å². The summed E-state index contributed by atoms with van der Waals surface area (Å²) in [6.45, 7) is 10.7. The highest BCUT2D eigenvalue weighted by Crippen LogP contribution is 2.30. The number of aliphatic hydroxyl groups excluding tert-OH is 1. The fraction of sp³-hybridized carbons (Fsp3) is 0.762. The van der Waals surface area contributed by atoms with Crippen molar-refractivity contribution in [3.63, 3.8) is 0 Å². The van der Waals surface area contributed by atoms with Gasteiger partial charge in [-0.1, -0.05) is 6.92 Å². The lowest BCUT2D eigenvalue weighted by Crippen LogP contribution is -2.57. The van der Waals surface area contributed by atoms with Crippen molar-refractivity contribution >= 4 is 17.2 Å². The van der Waals surface area contributed by atoms with Crippen LogP contribution in [0.2, 0.25) is 0 Å². The average Bonchev–Trinajstić information content (AvgIpc) is 3.06. The van der Waals surface area contributed by atoms with Gasteiger partial charge in [0.05, 0.1) is 5.56 Å². The maximum atomic E-state index is 13.2. The third kappa shape index (κ3) is 4.73. The molecule has 3 heterocycles. The molecular formula is C21H35N3O2S. The van der Waals surface area contributed by atoms with Gasteiger partial charge in [-0.3, -0.25) is 9.69 Å². The van der Waals surface area contributed by atoms with Gasteiger partial charge in [-0.05, 0) is 51.1 Å². The molecule has 1 aromatic heterocycles. The van der Waals surface area contributed by atoms with Gasteiger partial charge in [0.25, 0.3) is 5.91 Å². The zero-order chi connectivity index (χ0) is 19.4. The number of piperazine rings is 1. The van der Waals surface area contributed by atoms with E-state index in [1.165, 1.54) is 10.4 Å². The molecule has 0 saturated carbocycles. The van der Waals surface area contributed by atoms with Gasteiger partial charge < -0.3 is 14.9 Å². The summed E-state index contributed by atoms with van der Waals surface area (Å²) >= 11 is 1.69. The maximum absolute atomic E-state index is 13.2. The van der Waals surface area contributed by atoms with Gasteiger partial charge in [-0.15, -0.1) is 11.3 Å². The Morgan fingerprint density at radius 1 is 1.26 bits per heavy atom. The van der Waals surface area contributed by atoms with E-state index in [1.807, 2.05) is 5.38 Å². The summed E-state index contributed by atoms with van der Waals surface area (Å²) in [5.41, 5.74) is 2.14. The summed E-state index contributed by atoms with van der Waals surface area (Å²) in [6.07, 6.45) is 3.80. The molecule has 1 amide bonds. The molecule has 6 heteroatoms. The molecule has 5 nitrogen and oxygen atoms in total. The van der Waals surface area contributed by atoms with Gasteiger partial charge in [-0.25, -0.2) is 0 Å². The molecular weight excluding hydrogens is 358 g/mol. The SMILES string of the molecule is CCc1c(C(=O)N2CCC(N3CCN(C)CC3)C(CCCO)C2)csc1C. The smallest absolute Gasteiger partial charge is 0.254 e. The number of piperidine rings is 1. The Balaban J connectivity index is 1.70. The van der Waals surface area contributed by atoms with Crippen molar-refractivity contribution in [2.75, 3.05) is 52.9 Å². The van der Waals surface area contributed by atoms with E-state index in [1.54, 1.807) is 11.3 Å². The minimum atomic E-state index is 0.210. The first-order valence-electron chi connectivity index (χ1n) is 10.4. The minimum absolute atomic E-state index is 0.210. The lowest BCUT2D eigenvalue weighted by atomic mass is 9.86. The van der Waals surface area contributed by atoms with E-state index in [0.29, 0.717) is 12.0 Å². The van der Waals surface area contributed by atoms with Crippen LogP contribution in [0, 0.1) is 12.8 Å². The number of hydrogen-bond donors (Lipinski definition) is 1. The van der Waals surface area contributed by atoms with Crippen LogP contribution in [0.3, 0.4) is 0 Å². The first-order chi connectivity index (χ1) is 13.0. The molecule has 0 aliphatic carbocycles. The Morgan fingerprint density at radius 3 is 2.67 bits per heavy atom. The topological polar surface area (TPSA) is 47.0 Å². The van der Waals surface area contributed by atoms with Crippen molar-refractivity contribution in [2.45, 2.75) is 45.6 Å². The molecule has 0 radical (unpaired) electrons. The van der Waals surface area contributed by atoms with Crippen molar-refractivity contribution in [2.24, 2.45) is 5.92 Å². The molecule has 152 valence electrons. The number of carbonyl (C=O) groups excluding carboxylic acids is 1. The summed E-state index contributed by atoms with van der Waals surface area (Å²) in [6, 6.07) is 0.546. The molecule has 0 bridgehead atoms. The average molecular weight is 394 g/mol. The van der Waals surface area contributed by atoms with E-state index < -0.39 is 0 Å². The second-order valence-electron chi connectivity index (χ2n) is 8.11. The highest BCUT2D eigenvalue weighted by atomic mass is 32.1. The first kappa shape index (κ1) is 20.8. The molecule has 2 fully saturated rings. The van der Waals surface area contributed by atoms with Gasteiger partial charge in [0, 0.05) is 62.2 Å². The predicted octanol–water partition coefficient (Wildman–Crippen LogP) is 2.47. The molecule has 1 N–H and O–H groups in total. The molecule has 0 aromatic carbocycles. The Bertz CT molecular complexity index is 625. The first-order valence-corrected chi connectivity index (χ1v) is 11.3. The minimum Gasteiger partial charge on any atom is -0.396 e. The van der Waals surface area contributed by atoms with Crippen LogP contribution < -0.4 is 0 Å². The second-order valence-corrected chi connectivity index (χ2v) is 9.19. The van der Waals surface area contributed by atoms with Gasteiger partial charge in [0.1, 0.15) is 0 Å². The Labute approximate surface area is 167 Å². The summed E-state index contributed by atoms with van der Waals surface area (Å²) in [7, 11) is 2.19. The number of rotatable bonds is 6. The van der Waals surface area contributed by atoms with Gasteiger partial charge in [0.15, 0.2) is 0 Å². The zero-order valence-electron chi connectivity index (χ0n) is 17.1. The second kappa shape index (κ2) is 9.50. The molecule has 0 spiro atoms. The summed E-state index contributed by atoms with van der Waals surface area (Å²) in [4.78, 5) is 21.6. The van der Waals surface area contributed by atoms with E-state index in [2.05, 4.69) is 35.6 Å². The number of carbonyl (C=O) groups is 1. The summed E-state index contributed by atoms with van der Waals surface area (Å²) < 4.78 is 0. The molecule has 3 rings (SSSR count). The lowest BCUT2D eigenvalue weighted by molar-refractivity contribution is 0.0217. The van der Waals surface area contributed by atoms with Crippen molar-refractivity contribution in [1.82, 2.24) is 14.7 Å². The van der Waals surface area contributed by atoms with Crippen LogP contribution in [0.4, 0.5) is 0 Å². The Hall–Kier alpha value is -0.950. The standard InChI is InChI=1S/C21H35N3O2S/c1-4-18-16(2)27-15-19(18)21(26)24-8-7-20(17(14-24)6-5-13-25)23-11-9-22(3)10-12-23/h15,17,20,25H,4-14H2,1-3H3. The number of nitrogens with zero attached hydrogens (tertiary/aromatic N) is 3. The number of likely N-dealkylation sites (tertiary alicyclic amines) is 1. The van der Waals surface area contributed by atoms with Crippen LogP contribution in [0.25, 0.3) is 0 Å². The van der Waals surface area contributed by atoms with Crippen LogP contribution in [0.1, 0.15) is 47.0 Å². The number of likely N-dealkylation sites (N-methyl/N-ethyl adjacent to an activating group) is 1.